The van der Waals surface area contributed by atoms with Gasteiger partial charge >= 0.3 is 0 Å². The third-order valence-electron chi connectivity index (χ3n) is 4.03. The lowest BCUT2D eigenvalue weighted by Crippen LogP contribution is -2.51. The Bertz CT molecular complexity index is 335. The van der Waals surface area contributed by atoms with E-state index in [9.17, 15) is 9.59 Å². The predicted molar refractivity (Wildman–Crippen MR) is 75.3 cm³/mol. The first-order chi connectivity index (χ1) is 9.70. The molecule has 2 aliphatic heterocycles. The van der Waals surface area contributed by atoms with Crippen LogP contribution in [0.3, 0.4) is 0 Å². The van der Waals surface area contributed by atoms with Gasteiger partial charge in [0, 0.05) is 58.7 Å². The van der Waals surface area contributed by atoms with Crippen LogP contribution >= 0.6 is 0 Å². The summed E-state index contributed by atoms with van der Waals surface area (Å²) < 4.78 is 5.29. The molecular weight excluding hydrogens is 258 g/mol. The van der Waals surface area contributed by atoms with Gasteiger partial charge in [0.2, 0.25) is 11.8 Å². The summed E-state index contributed by atoms with van der Waals surface area (Å²) >= 11 is 0. The molecule has 2 amide bonds. The summed E-state index contributed by atoms with van der Waals surface area (Å²) in [6, 6.07) is 0. The highest BCUT2D eigenvalue weighted by molar-refractivity contribution is 5.78. The first kappa shape index (κ1) is 15.3. The van der Waals surface area contributed by atoms with E-state index in [0.29, 0.717) is 39.0 Å². The van der Waals surface area contributed by atoms with Gasteiger partial charge in [-0.3, -0.25) is 14.5 Å². The second-order valence-corrected chi connectivity index (χ2v) is 5.32. The minimum Gasteiger partial charge on any atom is -0.379 e. The van der Waals surface area contributed by atoms with E-state index in [1.807, 2.05) is 16.7 Å². The van der Waals surface area contributed by atoms with Crippen molar-refractivity contribution in [3.05, 3.63) is 0 Å². The van der Waals surface area contributed by atoms with Crippen molar-refractivity contribution in [3.8, 4) is 0 Å². The van der Waals surface area contributed by atoms with E-state index in [1.54, 1.807) is 0 Å². The lowest BCUT2D eigenvalue weighted by molar-refractivity contribution is -0.139. The standard InChI is InChI=1S/C14H25N3O3/c1-2-13(18)16-5-7-17(8-6-16)14(19)3-4-15-9-11-20-12-10-15/h2-12H2,1H3. The molecule has 0 aliphatic carbocycles. The van der Waals surface area contributed by atoms with Crippen LogP contribution < -0.4 is 0 Å². The molecular formula is C14H25N3O3. The summed E-state index contributed by atoms with van der Waals surface area (Å²) in [5.74, 6) is 0.394. The van der Waals surface area contributed by atoms with E-state index < -0.39 is 0 Å². The summed E-state index contributed by atoms with van der Waals surface area (Å²) in [5, 5.41) is 0. The fourth-order valence-corrected chi connectivity index (χ4v) is 2.67. The fraction of sp³-hybridized carbons (Fsp3) is 0.857. The maximum Gasteiger partial charge on any atom is 0.223 e. The predicted octanol–water partition coefficient (Wildman–Crippen LogP) is -0.210. The van der Waals surface area contributed by atoms with Crippen molar-refractivity contribution >= 4 is 11.8 Å². The Balaban J connectivity index is 1.67. The Morgan fingerprint density at radius 1 is 0.900 bits per heavy atom. The minimum atomic E-state index is 0.186. The van der Waals surface area contributed by atoms with Gasteiger partial charge in [-0.2, -0.15) is 0 Å². The zero-order valence-corrected chi connectivity index (χ0v) is 12.3. The van der Waals surface area contributed by atoms with Gasteiger partial charge in [0.25, 0.3) is 0 Å². The molecule has 0 aromatic carbocycles. The van der Waals surface area contributed by atoms with E-state index in [0.717, 1.165) is 32.8 Å². The number of ether oxygens (including phenoxy) is 1. The summed E-state index contributed by atoms with van der Waals surface area (Å²) in [6.45, 7) is 8.78. The third kappa shape index (κ3) is 4.18. The van der Waals surface area contributed by atoms with Crippen LogP contribution in [0.15, 0.2) is 0 Å². The molecule has 6 nitrogen and oxygen atoms in total. The minimum absolute atomic E-state index is 0.186. The molecule has 0 saturated carbocycles. The Kier molecular flexibility index (Phi) is 5.79. The molecule has 0 spiro atoms. The molecule has 0 atom stereocenters. The maximum absolute atomic E-state index is 12.2. The van der Waals surface area contributed by atoms with Gasteiger partial charge in [-0.05, 0) is 0 Å². The normalized spacial score (nSPS) is 21.1. The molecule has 0 aromatic rings. The molecule has 6 heteroatoms. The van der Waals surface area contributed by atoms with Crippen LogP contribution in [-0.2, 0) is 14.3 Å². The molecule has 2 saturated heterocycles. The summed E-state index contributed by atoms with van der Waals surface area (Å²) in [4.78, 5) is 29.7. The molecule has 2 rings (SSSR count). The van der Waals surface area contributed by atoms with E-state index in [1.165, 1.54) is 0 Å². The van der Waals surface area contributed by atoms with Crippen molar-refractivity contribution < 1.29 is 14.3 Å². The van der Waals surface area contributed by atoms with Gasteiger partial charge in [-0.25, -0.2) is 0 Å². The molecule has 2 aliphatic rings. The number of morpholine rings is 1. The molecule has 0 bridgehead atoms. The van der Waals surface area contributed by atoms with E-state index >= 15 is 0 Å². The molecule has 0 radical (unpaired) electrons. The van der Waals surface area contributed by atoms with Crippen LogP contribution in [0.1, 0.15) is 19.8 Å². The molecule has 0 N–H and O–H groups in total. The molecule has 0 unspecified atom stereocenters. The third-order valence-corrected chi connectivity index (χ3v) is 4.03. The zero-order valence-electron chi connectivity index (χ0n) is 12.3. The highest BCUT2D eigenvalue weighted by atomic mass is 16.5. The lowest BCUT2D eigenvalue weighted by atomic mass is 10.2. The summed E-state index contributed by atoms with van der Waals surface area (Å²) in [7, 11) is 0. The SMILES string of the molecule is CCC(=O)N1CCN(C(=O)CCN2CCOCC2)CC1. The number of nitrogens with zero attached hydrogens (tertiary/aromatic N) is 3. The highest BCUT2D eigenvalue weighted by Crippen LogP contribution is 2.06. The average Bonchev–Trinajstić information content (AvgIpc) is 2.53. The van der Waals surface area contributed by atoms with E-state index in [-0.39, 0.29) is 11.8 Å². The second-order valence-electron chi connectivity index (χ2n) is 5.32. The number of carbonyl (C=O) groups is 2. The lowest BCUT2D eigenvalue weighted by Gasteiger charge is -2.35. The van der Waals surface area contributed by atoms with E-state index in [2.05, 4.69) is 4.90 Å². The zero-order chi connectivity index (χ0) is 14.4. The Morgan fingerprint density at radius 2 is 1.45 bits per heavy atom. The Labute approximate surface area is 120 Å². The smallest absolute Gasteiger partial charge is 0.223 e. The number of hydrogen-bond donors (Lipinski definition) is 0. The van der Waals surface area contributed by atoms with Crippen molar-refractivity contribution in [1.82, 2.24) is 14.7 Å². The number of amides is 2. The van der Waals surface area contributed by atoms with Crippen LogP contribution in [0, 0.1) is 0 Å². The monoisotopic (exact) mass is 283 g/mol. The first-order valence-electron chi connectivity index (χ1n) is 7.56. The maximum atomic E-state index is 12.2. The van der Waals surface area contributed by atoms with Crippen LogP contribution in [0.4, 0.5) is 0 Å². The quantitative estimate of drug-likeness (QED) is 0.716. The summed E-state index contributed by atoms with van der Waals surface area (Å²) in [6.07, 6.45) is 1.12. The number of hydrogen-bond acceptors (Lipinski definition) is 4. The van der Waals surface area contributed by atoms with Crippen LogP contribution in [0.2, 0.25) is 0 Å². The van der Waals surface area contributed by atoms with Crippen molar-refractivity contribution in [2.24, 2.45) is 0 Å². The molecule has 0 aromatic heterocycles. The van der Waals surface area contributed by atoms with Gasteiger partial charge < -0.3 is 14.5 Å². The number of carbonyl (C=O) groups excluding carboxylic acids is 2. The van der Waals surface area contributed by atoms with Crippen LogP contribution in [0.25, 0.3) is 0 Å². The number of rotatable bonds is 4. The van der Waals surface area contributed by atoms with Crippen LogP contribution in [-0.4, -0.2) is 85.5 Å². The van der Waals surface area contributed by atoms with Crippen molar-refractivity contribution in [1.29, 1.82) is 0 Å². The Hall–Kier alpha value is -1.14. The average molecular weight is 283 g/mol. The van der Waals surface area contributed by atoms with Crippen molar-refractivity contribution in [2.75, 3.05) is 59.0 Å². The number of piperazine rings is 1. The Morgan fingerprint density at radius 3 is 2.00 bits per heavy atom. The van der Waals surface area contributed by atoms with Gasteiger partial charge in [0.15, 0.2) is 0 Å². The molecule has 114 valence electrons. The highest BCUT2D eigenvalue weighted by Gasteiger charge is 2.23. The van der Waals surface area contributed by atoms with Gasteiger partial charge in [0.05, 0.1) is 13.2 Å². The molecule has 2 fully saturated rings. The largest absolute Gasteiger partial charge is 0.379 e. The topological polar surface area (TPSA) is 53.1 Å². The van der Waals surface area contributed by atoms with Gasteiger partial charge in [0.1, 0.15) is 0 Å². The van der Waals surface area contributed by atoms with Gasteiger partial charge in [-0.15, -0.1) is 0 Å². The van der Waals surface area contributed by atoms with Crippen molar-refractivity contribution in [3.63, 3.8) is 0 Å². The fourth-order valence-electron chi connectivity index (χ4n) is 2.67. The van der Waals surface area contributed by atoms with Crippen molar-refractivity contribution in [2.45, 2.75) is 19.8 Å². The molecule has 2 heterocycles. The second kappa shape index (κ2) is 7.59. The van der Waals surface area contributed by atoms with Crippen LogP contribution in [0.5, 0.6) is 0 Å². The first-order valence-corrected chi connectivity index (χ1v) is 7.56. The van der Waals surface area contributed by atoms with E-state index in [4.69, 9.17) is 4.74 Å². The molecule has 20 heavy (non-hydrogen) atoms. The summed E-state index contributed by atoms with van der Waals surface area (Å²) in [5.41, 5.74) is 0. The van der Waals surface area contributed by atoms with Gasteiger partial charge in [-0.1, -0.05) is 6.92 Å².